The molecule has 102 valence electrons. The zero-order valence-electron chi connectivity index (χ0n) is 11.7. The first kappa shape index (κ1) is 14.5. The number of carbonyl (C=O) groups is 1. The van der Waals surface area contributed by atoms with Crippen LogP contribution in [0.3, 0.4) is 0 Å². The Bertz CT molecular complexity index is 384. The van der Waals surface area contributed by atoms with Crippen LogP contribution in [0, 0.1) is 6.92 Å². The van der Waals surface area contributed by atoms with E-state index in [4.69, 9.17) is 0 Å². The summed E-state index contributed by atoms with van der Waals surface area (Å²) >= 11 is 0. The van der Waals surface area contributed by atoms with E-state index in [0.717, 1.165) is 25.3 Å². The van der Waals surface area contributed by atoms with Crippen molar-refractivity contribution >= 4 is 11.8 Å². The van der Waals surface area contributed by atoms with Crippen LogP contribution in [0.25, 0.3) is 0 Å². The minimum atomic E-state index is -0.190. The zero-order valence-corrected chi connectivity index (χ0v) is 11.7. The number of aromatic nitrogens is 2. The summed E-state index contributed by atoms with van der Waals surface area (Å²) < 4.78 is 1.65. The van der Waals surface area contributed by atoms with Crippen LogP contribution >= 0.6 is 0 Å². The second-order valence-electron chi connectivity index (χ2n) is 4.20. The number of hydrogen-bond acceptors (Lipinski definition) is 3. The molecule has 0 saturated carbocycles. The fraction of sp³-hybridized carbons (Fsp3) is 0.667. The third-order valence-corrected chi connectivity index (χ3v) is 2.85. The van der Waals surface area contributed by atoms with E-state index in [1.807, 2.05) is 13.0 Å². The summed E-state index contributed by atoms with van der Waals surface area (Å²) in [6.45, 7) is 9.63. The summed E-state index contributed by atoms with van der Waals surface area (Å²) in [5, 5.41) is 9.77. The number of nitrogens with one attached hydrogen (secondary N) is 2. The van der Waals surface area contributed by atoms with Gasteiger partial charge in [-0.2, -0.15) is 5.10 Å². The summed E-state index contributed by atoms with van der Waals surface area (Å²) in [4.78, 5) is 13.9. The van der Waals surface area contributed by atoms with Gasteiger partial charge in [-0.05, 0) is 20.0 Å². The lowest BCUT2D eigenvalue weighted by molar-refractivity contribution is 0.247. The summed E-state index contributed by atoms with van der Waals surface area (Å²) in [6.07, 6.45) is 0. The van der Waals surface area contributed by atoms with E-state index in [1.54, 1.807) is 11.7 Å². The molecule has 0 bridgehead atoms. The van der Waals surface area contributed by atoms with Gasteiger partial charge >= 0.3 is 6.03 Å². The van der Waals surface area contributed by atoms with E-state index in [9.17, 15) is 4.79 Å². The van der Waals surface area contributed by atoms with Gasteiger partial charge in [0.25, 0.3) is 0 Å². The first-order valence-electron chi connectivity index (χ1n) is 6.34. The molecular weight excluding hydrogens is 230 g/mol. The maximum atomic E-state index is 11.7. The Morgan fingerprint density at radius 1 is 1.44 bits per heavy atom. The Kier molecular flexibility index (Phi) is 5.64. The minimum Gasteiger partial charge on any atom is -0.337 e. The normalized spacial score (nSPS) is 10.7. The summed E-state index contributed by atoms with van der Waals surface area (Å²) in [7, 11) is 1.80. The lowest BCUT2D eigenvalue weighted by Gasteiger charge is -2.18. The average molecular weight is 253 g/mol. The molecule has 0 aliphatic carbocycles. The number of likely N-dealkylation sites (N-methyl/N-ethyl adjacent to an activating group) is 1. The van der Waals surface area contributed by atoms with Gasteiger partial charge in [0, 0.05) is 26.2 Å². The molecule has 0 fully saturated rings. The fourth-order valence-electron chi connectivity index (χ4n) is 1.76. The lowest BCUT2D eigenvalue weighted by Crippen LogP contribution is -2.37. The van der Waals surface area contributed by atoms with Crippen molar-refractivity contribution in [3.05, 3.63) is 11.8 Å². The number of rotatable bonds is 6. The van der Waals surface area contributed by atoms with Crippen molar-refractivity contribution in [3.63, 3.8) is 0 Å². The maximum absolute atomic E-state index is 11.7. The molecule has 0 unspecified atom stereocenters. The van der Waals surface area contributed by atoms with E-state index in [2.05, 4.69) is 34.5 Å². The Morgan fingerprint density at radius 3 is 2.61 bits per heavy atom. The standard InChI is InChI=1S/C12H23N5O/c1-5-17(6-2)8-7-13-12(18)14-11-9-10(3)15-16(11)4/h9H,5-8H2,1-4H3,(H2,13,14,18). The second kappa shape index (κ2) is 7.00. The van der Waals surface area contributed by atoms with Gasteiger partial charge in [-0.15, -0.1) is 0 Å². The van der Waals surface area contributed by atoms with Crippen LogP contribution in [-0.2, 0) is 7.05 Å². The van der Waals surface area contributed by atoms with E-state index in [-0.39, 0.29) is 6.03 Å². The molecule has 1 aromatic rings. The number of hydrogen-bond donors (Lipinski definition) is 2. The first-order valence-corrected chi connectivity index (χ1v) is 6.34. The largest absolute Gasteiger partial charge is 0.337 e. The van der Waals surface area contributed by atoms with Crippen LogP contribution in [0.2, 0.25) is 0 Å². The van der Waals surface area contributed by atoms with Gasteiger partial charge in [-0.1, -0.05) is 13.8 Å². The molecule has 2 N–H and O–H groups in total. The highest BCUT2D eigenvalue weighted by Gasteiger charge is 2.06. The Morgan fingerprint density at radius 2 is 2.11 bits per heavy atom. The van der Waals surface area contributed by atoms with Gasteiger partial charge in [-0.25, -0.2) is 4.79 Å². The molecule has 6 nitrogen and oxygen atoms in total. The van der Waals surface area contributed by atoms with Crippen LogP contribution in [0.5, 0.6) is 0 Å². The predicted octanol–water partition coefficient (Wildman–Crippen LogP) is 1.19. The smallest absolute Gasteiger partial charge is 0.320 e. The molecule has 0 aliphatic heterocycles. The van der Waals surface area contributed by atoms with Crippen LogP contribution < -0.4 is 10.6 Å². The SMILES string of the molecule is CCN(CC)CCNC(=O)Nc1cc(C)nn1C. The van der Waals surface area contributed by atoms with E-state index >= 15 is 0 Å². The van der Waals surface area contributed by atoms with Gasteiger partial charge in [-0.3, -0.25) is 10.00 Å². The quantitative estimate of drug-likeness (QED) is 0.800. The van der Waals surface area contributed by atoms with Crippen molar-refractivity contribution < 1.29 is 4.79 Å². The third kappa shape index (κ3) is 4.37. The molecule has 2 amide bonds. The van der Waals surface area contributed by atoms with Crippen molar-refractivity contribution in [1.29, 1.82) is 0 Å². The van der Waals surface area contributed by atoms with E-state index in [1.165, 1.54) is 0 Å². The summed E-state index contributed by atoms with van der Waals surface area (Å²) in [5.41, 5.74) is 0.885. The van der Waals surface area contributed by atoms with Crippen LogP contribution in [-0.4, -0.2) is 46.9 Å². The molecular formula is C12H23N5O. The molecule has 0 aromatic carbocycles. The minimum absolute atomic E-state index is 0.190. The number of urea groups is 1. The van der Waals surface area contributed by atoms with E-state index < -0.39 is 0 Å². The monoisotopic (exact) mass is 253 g/mol. The van der Waals surface area contributed by atoms with Crippen molar-refractivity contribution in [1.82, 2.24) is 20.0 Å². The second-order valence-corrected chi connectivity index (χ2v) is 4.20. The maximum Gasteiger partial charge on any atom is 0.320 e. The van der Waals surface area contributed by atoms with Crippen molar-refractivity contribution in [2.45, 2.75) is 20.8 Å². The first-order chi connectivity index (χ1) is 8.56. The molecule has 6 heteroatoms. The molecule has 0 atom stereocenters. The molecule has 1 aromatic heterocycles. The number of aryl methyl sites for hydroxylation is 2. The van der Waals surface area contributed by atoms with Crippen LogP contribution in [0.15, 0.2) is 6.07 Å². The molecule has 18 heavy (non-hydrogen) atoms. The highest BCUT2D eigenvalue weighted by Crippen LogP contribution is 2.07. The van der Waals surface area contributed by atoms with Crippen molar-refractivity contribution in [2.75, 3.05) is 31.5 Å². The zero-order chi connectivity index (χ0) is 13.5. The van der Waals surface area contributed by atoms with E-state index in [0.29, 0.717) is 12.4 Å². The van der Waals surface area contributed by atoms with Crippen molar-refractivity contribution in [2.24, 2.45) is 7.05 Å². The number of carbonyl (C=O) groups excluding carboxylic acids is 1. The molecule has 0 spiro atoms. The Balaban J connectivity index is 2.32. The molecule has 0 saturated heterocycles. The summed E-state index contributed by atoms with van der Waals surface area (Å²) in [5.74, 6) is 0.702. The molecule has 1 heterocycles. The molecule has 0 radical (unpaired) electrons. The van der Waals surface area contributed by atoms with Crippen molar-refractivity contribution in [3.8, 4) is 0 Å². The predicted molar refractivity (Wildman–Crippen MR) is 72.8 cm³/mol. The number of nitrogens with zero attached hydrogens (tertiary/aromatic N) is 3. The summed E-state index contributed by atoms with van der Waals surface area (Å²) in [6, 6.07) is 1.65. The van der Waals surface area contributed by atoms with Gasteiger partial charge in [0.1, 0.15) is 5.82 Å². The van der Waals surface area contributed by atoms with Gasteiger partial charge in [0.2, 0.25) is 0 Å². The Hall–Kier alpha value is -1.56. The van der Waals surface area contributed by atoms with Gasteiger partial charge < -0.3 is 10.2 Å². The van der Waals surface area contributed by atoms with Gasteiger partial charge in [0.05, 0.1) is 5.69 Å². The van der Waals surface area contributed by atoms with Crippen LogP contribution in [0.1, 0.15) is 19.5 Å². The fourth-order valence-corrected chi connectivity index (χ4v) is 1.76. The van der Waals surface area contributed by atoms with Gasteiger partial charge in [0.15, 0.2) is 0 Å². The number of anilines is 1. The third-order valence-electron chi connectivity index (χ3n) is 2.85. The topological polar surface area (TPSA) is 62.2 Å². The molecule has 0 aliphatic rings. The number of amides is 2. The molecule has 1 rings (SSSR count). The van der Waals surface area contributed by atoms with Crippen LogP contribution in [0.4, 0.5) is 10.6 Å². The lowest BCUT2D eigenvalue weighted by atomic mass is 10.4. The highest BCUT2D eigenvalue weighted by molar-refractivity contribution is 5.88. The average Bonchev–Trinajstić information content (AvgIpc) is 2.63. The highest BCUT2D eigenvalue weighted by atomic mass is 16.2. The Labute approximate surface area is 108 Å².